The van der Waals surface area contributed by atoms with Crippen LogP contribution in [0.1, 0.15) is 37.4 Å². The van der Waals surface area contributed by atoms with E-state index in [0.29, 0.717) is 23.3 Å². The SMILES string of the molecule is CCOC(=O)C1=C(CN2C(=O)N[C@](CC)(c3ccc(OC)cc3)C2=O)NC(=O)N[C@@H]1c1ccccc1. The molecular formula is C26H28N4O6. The summed E-state index contributed by atoms with van der Waals surface area (Å²) in [6.45, 7) is 3.28. The number of rotatable bonds is 8. The highest BCUT2D eigenvalue weighted by Crippen LogP contribution is 2.35. The van der Waals surface area contributed by atoms with Crippen LogP contribution in [0, 0.1) is 0 Å². The van der Waals surface area contributed by atoms with Gasteiger partial charge in [0, 0.05) is 0 Å². The van der Waals surface area contributed by atoms with Gasteiger partial charge in [0.15, 0.2) is 0 Å². The smallest absolute Gasteiger partial charge is 0.338 e. The van der Waals surface area contributed by atoms with E-state index in [1.165, 1.54) is 0 Å². The molecule has 1 fully saturated rings. The Labute approximate surface area is 208 Å². The van der Waals surface area contributed by atoms with Crippen LogP contribution in [-0.2, 0) is 19.9 Å². The van der Waals surface area contributed by atoms with E-state index in [-0.39, 0.29) is 24.4 Å². The van der Waals surface area contributed by atoms with Gasteiger partial charge in [0.1, 0.15) is 11.3 Å². The van der Waals surface area contributed by atoms with Gasteiger partial charge in [0.2, 0.25) is 0 Å². The topological polar surface area (TPSA) is 126 Å². The molecule has 0 aromatic heterocycles. The van der Waals surface area contributed by atoms with Gasteiger partial charge in [-0.25, -0.2) is 14.4 Å². The number of nitrogens with zero attached hydrogens (tertiary/aromatic N) is 1. The quantitative estimate of drug-likeness (QED) is 0.384. The summed E-state index contributed by atoms with van der Waals surface area (Å²) in [4.78, 5) is 53.3. The summed E-state index contributed by atoms with van der Waals surface area (Å²) in [7, 11) is 1.54. The Morgan fingerprint density at radius 1 is 1.03 bits per heavy atom. The summed E-state index contributed by atoms with van der Waals surface area (Å²) in [5.74, 6) is -0.523. The normalized spacial score (nSPS) is 21.6. The Morgan fingerprint density at radius 2 is 1.72 bits per heavy atom. The van der Waals surface area contributed by atoms with Gasteiger partial charge in [-0.1, -0.05) is 49.4 Å². The Morgan fingerprint density at radius 3 is 2.33 bits per heavy atom. The van der Waals surface area contributed by atoms with E-state index < -0.39 is 35.5 Å². The van der Waals surface area contributed by atoms with Crippen molar-refractivity contribution in [1.82, 2.24) is 20.9 Å². The predicted octanol–water partition coefficient (Wildman–Crippen LogP) is 2.72. The summed E-state index contributed by atoms with van der Waals surface area (Å²) in [6, 6.07) is 13.8. The minimum atomic E-state index is -1.29. The van der Waals surface area contributed by atoms with Gasteiger partial charge < -0.3 is 25.4 Å². The van der Waals surface area contributed by atoms with E-state index in [0.717, 1.165) is 4.90 Å². The zero-order valence-electron chi connectivity index (χ0n) is 20.3. The lowest BCUT2D eigenvalue weighted by atomic mass is 9.87. The molecule has 0 spiro atoms. The number of nitrogens with one attached hydrogen (secondary N) is 3. The molecule has 0 aliphatic carbocycles. The van der Waals surface area contributed by atoms with Crippen molar-refractivity contribution in [3.05, 3.63) is 77.0 Å². The van der Waals surface area contributed by atoms with Crippen LogP contribution < -0.4 is 20.7 Å². The molecule has 2 heterocycles. The third kappa shape index (κ3) is 4.37. The standard InChI is InChI=1S/C26H28N4O6/c1-4-26(17-11-13-18(35-3)14-12-17)23(32)30(25(34)29-26)15-19-20(22(31)36-5-2)21(28-24(33)27-19)16-9-7-6-8-10-16/h6-14,21H,4-5,15H2,1-3H3,(H,29,34)(H2,27,28,33)/t21-,26-/m1/s1. The molecule has 3 N–H and O–H groups in total. The largest absolute Gasteiger partial charge is 0.497 e. The molecule has 0 saturated carbocycles. The molecule has 0 unspecified atom stereocenters. The lowest BCUT2D eigenvalue weighted by Crippen LogP contribution is -2.49. The highest BCUT2D eigenvalue weighted by Gasteiger charge is 2.52. The van der Waals surface area contributed by atoms with Gasteiger partial charge in [-0.05, 0) is 36.6 Å². The molecule has 36 heavy (non-hydrogen) atoms. The van der Waals surface area contributed by atoms with Crippen molar-refractivity contribution in [2.45, 2.75) is 31.8 Å². The van der Waals surface area contributed by atoms with Crippen LogP contribution in [0.2, 0.25) is 0 Å². The second kappa shape index (κ2) is 10.1. The monoisotopic (exact) mass is 492 g/mol. The molecule has 10 nitrogen and oxygen atoms in total. The zero-order chi connectivity index (χ0) is 25.9. The fourth-order valence-corrected chi connectivity index (χ4v) is 4.53. The number of hydrogen-bond acceptors (Lipinski definition) is 6. The average Bonchev–Trinajstić information content (AvgIpc) is 3.14. The van der Waals surface area contributed by atoms with Crippen LogP contribution in [0.3, 0.4) is 0 Å². The van der Waals surface area contributed by atoms with Crippen LogP contribution in [0.15, 0.2) is 65.9 Å². The van der Waals surface area contributed by atoms with E-state index >= 15 is 0 Å². The van der Waals surface area contributed by atoms with Gasteiger partial charge in [0.25, 0.3) is 5.91 Å². The summed E-state index contributed by atoms with van der Waals surface area (Å²) in [5.41, 5.74) is 0.218. The average molecular weight is 493 g/mol. The third-order valence-corrected chi connectivity index (χ3v) is 6.39. The first-order chi connectivity index (χ1) is 17.3. The number of ether oxygens (including phenoxy) is 2. The first-order valence-electron chi connectivity index (χ1n) is 11.7. The molecule has 0 radical (unpaired) electrons. The van der Waals surface area contributed by atoms with Crippen molar-refractivity contribution in [2.24, 2.45) is 0 Å². The maximum atomic E-state index is 13.7. The molecule has 5 amide bonds. The number of carbonyl (C=O) groups is 4. The van der Waals surface area contributed by atoms with Gasteiger partial charge in [-0.3, -0.25) is 9.69 Å². The van der Waals surface area contributed by atoms with Crippen molar-refractivity contribution in [2.75, 3.05) is 20.3 Å². The Bertz CT molecular complexity index is 1210. The van der Waals surface area contributed by atoms with Gasteiger partial charge in [0.05, 0.1) is 37.6 Å². The first-order valence-corrected chi connectivity index (χ1v) is 11.7. The fraction of sp³-hybridized carbons (Fsp3) is 0.308. The van der Waals surface area contributed by atoms with Crippen molar-refractivity contribution in [1.29, 1.82) is 0 Å². The highest BCUT2D eigenvalue weighted by atomic mass is 16.5. The summed E-state index contributed by atoms with van der Waals surface area (Å²) in [6.07, 6.45) is 0.296. The number of hydrogen-bond donors (Lipinski definition) is 3. The second-order valence-corrected chi connectivity index (χ2v) is 8.36. The maximum absolute atomic E-state index is 13.7. The number of benzene rings is 2. The number of urea groups is 2. The number of amides is 5. The first kappa shape index (κ1) is 24.8. The van der Waals surface area contributed by atoms with Crippen molar-refractivity contribution in [3.8, 4) is 5.75 Å². The van der Waals surface area contributed by atoms with Crippen LogP contribution in [0.25, 0.3) is 0 Å². The summed E-state index contributed by atoms with van der Waals surface area (Å²) < 4.78 is 10.5. The molecule has 188 valence electrons. The van der Waals surface area contributed by atoms with E-state index in [1.807, 2.05) is 6.07 Å². The van der Waals surface area contributed by atoms with Crippen molar-refractivity contribution in [3.63, 3.8) is 0 Å². The lowest BCUT2D eigenvalue weighted by Gasteiger charge is -2.31. The summed E-state index contributed by atoms with van der Waals surface area (Å²) >= 11 is 0. The van der Waals surface area contributed by atoms with E-state index in [9.17, 15) is 19.2 Å². The van der Waals surface area contributed by atoms with Crippen LogP contribution in [0.5, 0.6) is 5.75 Å². The molecule has 4 rings (SSSR count). The minimum Gasteiger partial charge on any atom is -0.497 e. The fourth-order valence-electron chi connectivity index (χ4n) is 4.53. The van der Waals surface area contributed by atoms with Crippen molar-refractivity contribution >= 4 is 23.9 Å². The molecule has 1 saturated heterocycles. The molecule has 0 bridgehead atoms. The molecule has 2 aromatic carbocycles. The zero-order valence-corrected chi connectivity index (χ0v) is 20.3. The molecule has 2 atom stereocenters. The summed E-state index contributed by atoms with van der Waals surface area (Å²) in [5, 5.41) is 8.16. The van der Waals surface area contributed by atoms with Crippen molar-refractivity contribution < 1.29 is 28.7 Å². The van der Waals surface area contributed by atoms with E-state index in [4.69, 9.17) is 9.47 Å². The molecule has 2 aliphatic heterocycles. The second-order valence-electron chi connectivity index (χ2n) is 8.36. The van der Waals surface area contributed by atoms with Gasteiger partial charge >= 0.3 is 18.0 Å². The maximum Gasteiger partial charge on any atom is 0.338 e. The number of carbonyl (C=O) groups excluding carboxylic acids is 4. The lowest BCUT2D eigenvalue weighted by molar-refractivity contribution is -0.139. The Balaban J connectivity index is 1.73. The highest BCUT2D eigenvalue weighted by molar-refractivity contribution is 6.08. The third-order valence-electron chi connectivity index (χ3n) is 6.39. The number of esters is 1. The van der Waals surface area contributed by atoms with E-state index in [1.54, 1.807) is 69.5 Å². The molecule has 10 heteroatoms. The number of methoxy groups -OCH3 is 1. The predicted molar refractivity (Wildman–Crippen MR) is 130 cm³/mol. The number of imide groups is 1. The molecular weight excluding hydrogens is 464 g/mol. The minimum absolute atomic E-state index is 0.116. The van der Waals surface area contributed by atoms with Crippen LogP contribution in [-0.4, -0.2) is 49.1 Å². The van der Waals surface area contributed by atoms with E-state index in [2.05, 4.69) is 16.0 Å². The van der Waals surface area contributed by atoms with Crippen LogP contribution in [0.4, 0.5) is 9.59 Å². The van der Waals surface area contributed by atoms with Gasteiger partial charge in [-0.15, -0.1) is 0 Å². The van der Waals surface area contributed by atoms with Gasteiger partial charge in [-0.2, -0.15) is 0 Å². The molecule has 2 aliphatic rings. The molecule has 2 aromatic rings. The Kier molecular flexibility index (Phi) is 6.96. The van der Waals surface area contributed by atoms with Crippen LogP contribution >= 0.6 is 0 Å². The Hall–Kier alpha value is -4.34.